The summed E-state index contributed by atoms with van der Waals surface area (Å²) in [6.45, 7) is 1.76. The molecule has 3 aromatic rings. The summed E-state index contributed by atoms with van der Waals surface area (Å²) in [5.41, 5.74) is 1.00. The van der Waals surface area contributed by atoms with Gasteiger partial charge in [0.05, 0.1) is 16.9 Å². The number of carbonyl (C=O) groups excluding carboxylic acids is 1. The summed E-state index contributed by atoms with van der Waals surface area (Å²) < 4.78 is 1.59. The smallest absolute Gasteiger partial charge is 0.329 e. The molecule has 0 spiro atoms. The van der Waals surface area contributed by atoms with E-state index in [1.807, 2.05) is 30.3 Å². The van der Waals surface area contributed by atoms with Crippen molar-refractivity contribution in [3.63, 3.8) is 0 Å². The molecule has 1 aliphatic carbocycles. The molecule has 1 amide bonds. The first-order chi connectivity index (χ1) is 14.0. The van der Waals surface area contributed by atoms with E-state index in [0.29, 0.717) is 18.5 Å². The molecule has 2 heterocycles. The summed E-state index contributed by atoms with van der Waals surface area (Å²) >= 11 is 0. The summed E-state index contributed by atoms with van der Waals surface area (Å²) in [5, 5.41) is 19.1. The lowest BCUT2D eigenvalue weighted by atomic mass is 9.80. The maximum absolute atomic E-state index is 13.2. The molecule has 0 aliphatic heterocycles. The van der Waals surface area contributed by atoms with E-state index < -0.39 is 17.4 Å². The SMILES string of the molecule is Cc1c(C(=O)N(C)C2(C(=O)O)CCCCC2)nnn1-c1cccc2cccnc12. The second-order valence-electron chi connectivity index (χ2n) is 7.55. The van der Waals surface area contributed by atoms with E-state index in [1.54, 1.807) is 24.9 Å². The zero-order valence-electron chi connectivity index (χ0n) is 16.5. The van der Waals surface area contributed by atoms with E-state index in [4.69, 9.17) is 0 Å². The van der Waals surface area contributed by atoms with Crippen molar-refractivity contribution in [2.75, 3.05) is 7.05 Å². The van der Waals surface area contributed by atoms with Crippen LogP contribution < -0.4 is 0 Å². The molecule has 1 N–H and O–H groups in total. The molecular weight excluding hydrogens is 370 g/mol. The van der Waals surface area contributed by atoms with Crippen LogP contribution in [0.15, 0.2) is 36.5 Å². The number of carboxylic acids is 1. The first-order valence-corrected chi connectivity index (χ1v) is 9.74. The van der Waals surface area contributed by atoms with Crippen molar-refractivity contribution in [2.24, 2.45) is 0 Å². The van der Waals surface area contributed by atoms with Gasteiger partial charge in [-0.2, -0.15) is 0 Å². The Labute approximate surface area is 168 Å². The summed E-state index contributed by atoms with van der Waals surface area (Å²) in [6, 6.07) is 9.54. The molecule has 0 unspecified atom stereocenters. The van der Waals surface area contributed by atoms with Gasteiger partial charge in [0.1, 0.15) is 5.54 Å². The highest BCUT2D eigenvalue weighted by Crippen LogP contribution is 2.34. The van der Waals surface area contributed by atoms with Gasteiger partial charge < -0.3 is 10.0 Å². The van der Waals surface area contributed by atoms with Crippen molar-refractivity contribution in [3.05, 3.63) is 47.9 Å². The molecule has 2 aromatic heterocycles. The van der Waals surface area contributed by atoms with Gasteiger partial charge in [-0.15, -0.1) is 5.10 Å². The fourth-order valence-corrected chi connectivity index (χ4v) is 4.20. The van der Waals surface area contributed by atoms with Crippen molar-refractivity contribution in [3.8, 4) is 5.69 Å². The van der Waals surface area contributed by atoms with Gasteiger partial charge in [-0.05, 0) is 31.9 Å². The van der Waals surface area contributed by atoms with Crippen LogP contribution in [0.1, 0.15) is 48.3 Å². The number of fused-ring (bicyclic) bond motifs is 1. The van der Waals surface area contributed by atoms with Crippen LogP contribution in [0.4, 0.5) is 0 Å². The van der Waals surface area contributed by atoms with Gasteiger partial charge in [0, 0.05) is 18.6 Å². The Balaban J connectivity index is 1.73. The molecule has 1 fully saturated rings. The Hall–Kier alpha value is -3.29. The maximum atomic E-state index is 13.2. The molecule has 150 valence electrons. The topological polar surface area (TPSA) is 101 Å². The minimum absolute atomic E-state index is 0.159. The van der Waals surface area contributed by atoms with E-state index in [1.165, 1.54) is 4.90 Å². The Bertz CT molecular complexity index is 1080. The van der Waals surface area contributed by atoms with Crippen LogP contribution in [-0.4, -0.2) is 54.4 Å². The number of hydrogen-bond donors (Lipinski definition) is 1. The second kappa shape index (κ2) is 7.27. The van der Waals surface area contributed by atoms with E-state index in [2.05, 4.69) is 15.3 Å². The van der Waals surface area contributed by atoms with Crippen LogP contribution in [0, 0.1) is 6.92 Å². The van der Waals surface area contributed by atoms with Gasteiger partial charge in [0.25, 0.3) is 5.91 Å². The Morgan fingerprint density at radius 1 is 1.14 bits per heavy atom. The average Bonchev–Trinajstić information content (AvgIpc) is 3.13. The highest BCUT2D eigenvalue weighted by Gasteiger charge is 2.46. The predicted molar refractivity (Wildman–Crippen MR) is 107 cm³/mol. The van der Waals surface area contributed by atoms with Gasteiger partial charge in [0.2, 0.25) is 0 Å². The summed E-state index contributed by atoms with van der Waals surface area (Å²) in [4.78, 5) is 31.1. The third-order valence-corrected chi connectivity index (χ3v) is 5.96. The van der Waals surface area contributed by atoms with Crippen LogP contribution in [0.2, 0.25) is 0 Å². The molecule has 1 aromatic carbocycles. The minimum Gasteiger partial charge on any atom is -0.479 e. The molecule has 8 heteroatoms. The van der Waals surface area contributed by atoms with Crippen molar-refractivity contribution < 1.29 is 14.7 Å². The molecule has 0 bridgehead atoms. The fraction of sp³-hybridized carbons (Fsp3) is 0.381. The van der Waals surface area contributed by atoms with Crippen molar-refractivity contribution in [2.45, 2.75) is 44.6 Å². The molecule has 0 atom stereocenters. The third kappa shape index (κ3) is 3.04. The van der Waals surface area contributed by atoms with Gasteiger partial charge in [-0.25, -0.2) is 9.48 Å². The normalized spacial score (nSPS) is 15.9. The Morgan fingerprint density at radius 2 is 1.86 bits per heavy atom. The highest BCUT2D eigenvalue weighted by atomic mass is 16.4. The largest absolute Gasteiger partial charge is 0.479 e. The van der Waals surface area contributed by atoms with Crippen molar-refractivity contribution >= 4 is 22.8 Å². The molecule has 1 saturated carbocycles. The number of pyridine rings is 1. The molecule has 0 radical (unpaired) electrons. The Morgan fingerprint density at radius 3 is 2.59 bits per heavy atom. The van der Waals surface area contributed by atoms with Crippen LogP contribution >= 0.6 is 0 Å². The van der Waals surface area contributed by atoms with E-state index in [0.717, 1.165) is 35.9 Å². The predicted octanol–water partition coefficient (Wildman–Crippen LogP) is 2.98. The van der Waals surface area contributed by atoms with Crippen LogP contribution in [0.5, 0.6) is 0 Å². The third-order valence-electron chi connectivity index (χ3n) is 5.96. The monoisotopic (exact) mass is 393 g/mol. The van der Waals surface area contributed by atoms with E-state index >= 15 is 0 Å². The van der Waals surface area contributed by atoms with Gasteiger partial charge in [0.15, 0.2) is 5.69 Å². The summed E-state index contributed by atoms with van der Waals surface area (Å²) in [5.74, 6) is -1.39. The molecule has 29 heavy (non-hydrogen) atoms. The standard InChI is InChI=1S/C21H23N5O3/c1-14-17(19(27)25(2)21(20(28)29)11-4-3-5-12-21)23-24-26(14)16-10-6-8-15-9-7-13-22-18(15)16/h6-10,13H,3-5,11-12H2,1-2H3,(H,28,29). The quantitative estimate of drug-likeness (QED) is 0.731. The molecule has 4 rings (SSSR count). The first kappa shape index (κ1) is 19.0. The summed E-state index contributed by atoms with van der Waals surface area (Å²) in [7, 11) is 1.56. The molecule has 8 nitrogen and oxygen atoms in total. The molecule has 1 aliphatic rings. The zero-order valence-corrected chi connectivity index (χ0v) is 16.5. The second-order valence-corrected chi connectivity index (χ2v) is 7.55. The number of nitrogens with zero attached hydrogens (tertiary/aromatic N) is 5. The molecular formula is C21H23N5O3. The number of hydrogen-bond acceptors (Lipinski definition) is 5. The van der Waals surface area contributed by atoms with Gasteiger partial charge in [-0.1, -0.05) is 42.7 Å². The van der Waals surface area contributed by atoms with Crippen LogP contribution in [0.25, 0.3) is 16.6 Å². The highest BCUT2D eigenvalue weighted by molar-refractivity contribution is 5.97. The van der Waals surface area contributed by atoms with Crippen molar-refractivity contribution in [1.82, 2.24) is 24.9 Å². The van der Waals surface area contributed by atoms with Crippen molar-refractivity contribution in [1.29, 1.82) is 0 Å². The van der Waals surface area contributed by atoms with E-state index in [9.17, 15) is 14.7 Å². The number of amides is 1. The number of likely N-dealkylation sites (N-methyl/N-ethyl adjacent to an activating group) is 1. The summed E-state index contributed by atoms with van der Waals surface area (Å²) in [6.07, 6.45) is 5.17. The lowest BCUT2D eigenvalue weighted by Gasteiger charge is -2.40. The van der Waals surface area contributed by atoms with E-state index in [-0.39, 0.29) is 5.69 Å². The molecule has 0 saturated heterocycles. The number of rotatable bonds is 4. The number of carbonyl (C=O) groups is 2. The van der Waals surface area contributed by atoms with Gasteiger partial charge in [-0.3, -0.25) is 9.78 Å². The number of aromatic nitrogens is 4. The maximum Gasteiger partial charge on any atom is 0.329 e. The lowest BCUT2D eigenvalue weighted by Crippen LogP contribution is -2.56. The lowest BCUT2D eigenvalue weighted by molar-refractivity contribution is -0.151. The average molecular weight is 393 g/mol. The number of benzene rings is 1. The Kier molecular flexibility index (Phi) is 4.77. The van der Waals surface area contributed by atoms with Crippen LogP contribution in [-0.2, 0) is 4.79 Å². The zero-order chi connectivity index (χ0) is 20.6. The fourth-order valence-electron chi connectivity index (χ4n) is 4.20. The van der Waals surface area contributed by atoms with Gasteiger partial charge >= 0.3 is 5.97 Å². The minimum atomic E-state index is -1.19. The number of para-hydroxylation sites is 1. The van der Waals surface area contributed by atoms with Crippen LogP contribution in [0.3, 0.4) is 0 Å². The number of carboxylic acid groups (broad SMARTS) is 1. The first-order valence-electron chi connectivity index (χ1n) is 9.74. The number of aliphatic carboxylic acids is 1.